The number of aromatic nitrogens is 2. The van der Waals surface area contributed by atoms with Crippen molar-refractivity contribution >= 4 is 39.5 Å². The van der Waals surface area contributed by atoms with E-state index in [0.29, 0.717) is 12.2 Å². The fourth-order valence-electron chi connectivity index (χ4n) is 2.89. The summed E-state index contributed by atoms with van der Waals surface area (Å²) < 4.78 is 2.24. The third kappa shape index (κ3) is 3.10. The molecule has 4 nitrogen and oxygen atoms in total. The molecule has 4 rings (SSSR count). The van der Waals surface area contributed by atoms with Gasteiger partial charge < -0.3 is 9.88 Å². The van der Waals surface area contributed by atoms with E-state index in [0.717, 1.165) is 22.8 Å². The molecule has 0 aliphatic heterocycles. The SMILES string of the molecule is CCn1c(-c2nc(C(=O)NCc3ccsc3)cs2)cc2ccccc21. The fourth-order valence-corrected chi connectivity index (χ4v) is 4.38. The van der Waals surface area contributed by atoms with Gasteiger partial charge in [-0.05, 0) is 41.4 Å². The van der Waals surface area contributed by atoms with Crippen molar-refractivity contribution < 1.29 is 4.79 Å². The number of nitrogens with one attached hydrogen (secondary N) is 1. The van der Waals surface area contributed by atoms with Crippen molar-refractivity contribution in [2.75, 3.05) is 0 Å². The zero-order chi connectivity index (χ0) is 17.2. The summed E-state index contributed by atoms with van der Waals surface area (Å²) in [6, 6.07) is 12.5. The maximum atomic E-state index is 12.3. The first-order chi connectivity index (χ1) is 12.3. The summed E-state index contributed by atoms with van der Waals surface area (Å²) in [5, 5.41) is 10.9. The molecule has 0 fully saturated rings. The number of amides is 1. The van der Waals surface area contributed by atoms with Crippen LogP contribution in [0.25, 0.3) is 21.6 Å². The number of hydrogen-bond donors (Lipinski definition) is 1. The van der Waals surface area contributed by atoms with Crippen molar-refractivity contribution in [2.45, 2.75) is 20.0 Å². The highest BCUT2D eigenvalue weighted by atomic mass is 32.1. The van der Waals surface area contributed by atoms with Crippen molar-refractivity contribution in [3.8, 4) is 10.7 Å². The monoisotopic (exact) mass is 367 g/mol. The molecule has 1 N–H and O–H groups in total. The molecule has 3 aromatic heterocycles. The predicted molar refractivity (Wildman–Crippen MR) is 104 cm³/mol. The van der Waals surface area contributed by atoms with Crippen LogP contribution in [0.4, 0.5) is 0 Å². The number of para-hydroxylation sites is 1. The fraction of sp³-hybridized carbons (Fsp3) is 0.158. The number of hydrogen-bond acceptors (Lipinski definition) is 4. The van der Waals surface area contributed by atoms with Crippen molar-refractivity contribution in [1.82, 2.24) is 14.9 Å². The van der Waals surface area contributed by atoms with Crippen LogP contribution in [0, 0.1) is 0 Å². The Morgan fingerprint density at radius 2 is 2.12 bits per heavy atom. The molecule has 0 aliphatic carbocycles. The van der Waals surface area contributed by atoms with Crippen molar-refractivity contribution in [2.24, 2.45) is 0 Å². The second-order valence-electron chi connectivity index (χ2n) is 5.68. The van der Waals surface area contributed by atoms with E-state index in [2.05, 4.69) is 40.0 Å². The van der Waals surface area contributed by atoms with Gasteiger partial charge in [0.1, 0.15) is 10.7 Å². The molecular formula is C19H17N3OS2. The Labute approximate surface area is 153 Å². The molecule has 3 heterocycles. The lowest BCUT2D eigenvalue weighted by atomic mass is 10.2. The van der Waals surface area contributed by atoms with Crippen LogP contribution in [0.5, 0.6) is 0 Å². The van der Waals surface area contributed by atoms with Gasteiger partial charge in [-0.1, -0.05) is 18.2 Å². The van der Waals surface area contributed by atoms with Crippen LogP contribution in [0.3, 0.4) is 0 Å². The molecule has 0 unspecified atom stereocenters. The Bertz CT molecular complexity index is 1010. The minimum atomic E-state index is -0.132. The average Bonchev–Trinajstić information content (AvgIpc) is 3.38. The molecular weight excluding hydrogens is 350 g/mol. The summed E-state index contributed by atoms with van der Waals surface area (Å²) >= 11 is 3.14. The number of nitrogens with zero attached hydrogens (tertiary/aromatic N) is 2. The van der Waals surface area contributed by atoms with Crippen LogP contribution in [0.1, 0.15) is 23.0 Å². The summed E-state index contributed by atoms with van der Waals surface area (Å²) in [7, 11) is 0. The zero-order valence-corrected chi connectivity index (χ0v) is 15.4. The molecule has 126 valence electrons. The van der Waals surface area contributed by atoms with Crippen LogP contribution in [0.15, 0.2) is 52.5 Å². The molecule has 0 saturated heterocycles. The first-order valence-corrected chi connectivity index (χ1v) is 9.92. The Morgan fingerprint density at radius 1 is 1.24 bits per heavy atom. The van der Waals surface area contributed by atoms with E-state index in [-0.39, 0.29) is 5.91 Å². The Morgan fingerprint density at radius 3 is 2.92 bits per heavy atom. The lowest BCUT2D eigenvalue weighted by molar-refractivity contribution is 0.0946. The van der Waals surface area contributed by atoms with Crippen molar-refractivity contribution in [3.63, 3.8) is 0 Å². The largest absolute Gasteiger partial charge is 0.347 e. The molecule has 1 aromatic carbocycles. The van der Waals surface area contributed by atoms with E-state index >= 15 is 0 Å². The number of fused-ring (bicyclic) bond motifs is 1. The summed E-state index contributed by atoms with van der Waals surface area (Å²) in [4.78, 5) is 16.9. The van der Waals surface area contributed by atoms with Crippen LogP contribution in [0.2, 0.25) is 0 Å². The number of thiazole rings is 1. The molecule has 0 bridgehead atoms. The van der Waals surface area contributed by atoms with Gasteiger partial charge in [0.25, 0.3) is 5.91 Å². The molecule has 0 atom stereocenters. The van der Waals surface area contributed by atoms with E-state index in [1.165, 1.54) is 22.2 Å². The van der Waals surface area contributed by atoms with E-state index < -0.39 is 0 Å². The molecule has 0 aliphatic rings. The molecule has 4 aromatic rings. The lowest BCUT2D eigenvalue weighted by Gasteiger charge is -2.05. The van der Waals surface area contributed by atoms with Gasteiger partial charge in [0.05, 0.1) is 5.69 Å². The average molecular weight is 367 g/mol. The zero-order valence-electron chi connectivity index (χ0n) is 13.7. The van der Waals surface area contributed by atoms with Crippen molar-refractivity contribution in [1.29, 1.82) is 0 Å². The molecule has 0 saturated carbocycles. The summed E-state index contributed by atoms with van der Waals surface area (Å²) in [5.74, 6) is -0.132. The molecule has 1 amide bonds. The van der Waals surface area contributed by atoms with Gasteiger partial charge in [0.15, 0.2) is 0 Å². The van der Waals surface area contributed by atoms with Gasteiger partial charge in [-0.25, -0.2) is 4.98 Å². The topological polar surface area (TPSA) is 46.9 Å². The van der Waals surface area contributed by atoms with Gasteiger partial charge in [-0.2, -0.15) is 11.3 Å². The lowest BCUT2D eigenvalue weighted by Crippen LogP contribution is -2.22. The number of aryl methyl sites for hydroxylation is 1. The highest BCUT2D eigenvalue weighted by Gasteiger charge is 2.15. The predicted octanol–water partition coefficient (Wildman–Crippen LogP) is 4.78. The normalized spacial score (nSPS) is 11.1. The Kier molecular flexibility index (Phi) is 4.38. The van der Waals surface area contributed by atoms with E-state index in [1.54, 1.807) is 11.3 Å². The molecule has 0 radical (unpaired) electrons. The van der Waals surface area contributed by atoms with Gasteiger partial charge in [-0.15, -0.1) is 11.3 Å². The third-order valence-corrected chi connectivity index (χ3v) is 5.71. The summed E-state index contributed by atoms with van der Waals surface area (Å²) in [6.07, 6.45) is 0. The second kappa shape index (κ2) is 6.82. The standard InChI is InChI=1S/C19H17N3OS2/c1-2-22-16-6-4-3-5-14(16)9-17(22)19-21-15(12-25-19)18(23)20-10-13-7-8-24-11-13/h3-9,11-12H,2,10H2,1H3,(H,20,23). The van der Waals surface area contributed by atoms with Crippen LogP contribution in [-0.2, 0) is 13.1 Å². The first-order valence-electron chi connectivity index (χ1n) is 8.09. The van der Waals surface area contributed by atoms with E-state index in [4.69, 9.17) is 0 Å². The number of thiophene rings is 1. The van der Waals surface area contributed by atoms with Gasteiger partial charge in [0.2, 0.25) is 0 Å². The number of carbonyl (C=O) groups excluding carboxylic acids is 1. The third-order valence-electron chi connectivity index (χ3n) is 4.12. The maximum Gasteiger partial charge on any atom is 0.271 e. The van der Waals surface area contributed by atoms with Crippen LogP contribution < -0.4 is 5.32 Å². The second-order valence-corrected chi connectivity index (χ2v) is 7.32. The minimum absolute atomic E-state index is 0.132. The highest BCUT2D eigenvalue weighted by Crippen LogP contribution is 2.30. The molecule has 6 heteroatoms. The van der Waals surface area contributed by atoms with Gasteiger partial charge in [0, 0.05) is 29.4 Å². The number of carbonyl (C=O) groups is 1. The number of benzene rings is 1. The van der Waals surface area contributed by atoms with Crippen LogP contribution in [-0.4, -0.2) is 15.5 Å². The highest BCUT2D eigenvalue weighted by molar-refractivity contribution is 7.13. The van der Waals surface area contributed by atoms with Crippen LogP contribution >= 0.6 is 22.7 Å². The Balaban J connectivity index is 1.59. The van der Waals surface area contributed by atoms with E-state index in [9.17, 15) is 4.79 Å². The van der Waals surface area contributed by atoms with Crippen molar-refractivity contribution in [3.05, 3.63) is 63.8 Å². The Hall–Kier alpha value is -2.44. The minimum Gasteiger partial charge on any atom is -0.347 e. The quantitative estimate of drug-likeness (QED) is 0.552. The smallest absolute Gasteiger partial charge is 0.271 e. The number of rotatable bonds is 5. The first kappa shape index (κ1) is 16.1. The van der Waals surface area contributed by atoms with E-state index in [1.807, 2.05) is 34.3 Å². The summed E-state index contributed by atoms with van der Waals surface area (Å²) in [5.41, 5.74) is 3.84. The summed E-state index contributed by atoms with van der Waals surface area (Å²) in [6.45, 7) is 3.52. The molecule has 0 spiro atoms. The molecule has 25 heavy (non-hydrogen) atoms. The maximum absolute atomic E-state index is 12.3. The van der Waals surface area contributed by atoms with Gasteiger partial charge in [-0.3, -0.25) is 4.79 Å². The van der Waals surface area contributed by atoms with Gasteiger partial charge >= 0.3 is 0 Å².